The zero-order valence-electron chi connectivity index (χ0n) is 23.5. The molecule has 0 spiro atoms. The van der Waals surface area contributed by atoms with Crippen molar-refractivity contribution >= 4 is 29.7 Å². The summed E-state index contributed by atoms with van der Waals surface area (Å²) in [6.07, 6.45) is 0.317. The number of esters is 2. The van der Waals surface area contributed by atoms with Gasteiger partial charge in [0.1, 0.15) is 12.1 Å². The third kappa shape index (κ3) is 9.64. The van der Waals surface area contributed by atoms with Crippen molar-refractivity contribution in [2.24, 2.45) is 5.92 Å². The predicted octanol–water partition coefficient (Wildman–Crippen LogP) is 2.30. The number of carbonyl (C=O) groups is 5. The molecule has 0 saturated heterocycles. The van der Waals surface area contributed by atoms with Gasteiger partial charge in [0.05, 0.1) is 19.8 Å². The molecule has 1 aliphatic carbocycles. The van der Waals surface area contributed by atoms with Crippen LogP contribution in [0.5, 0.6) is 0 Å². The quantitative estimate of drug-likeness (QED) is 0.272. The van der Waals surface area contributed by atoms with Crippen molar-refractivity contribution in [3.63, 3.8) is 0 Å². The number of ether oxygens (including phenoxy) is 2. The van der Waals surface area contributed by atoms with Crippen LogP contribution in [0, 0.1) is 17.6 Å². The molecule has 12 heteroatoms. The highest BCUT2D eigenvalue weighted by Gasteiger charge is 2.44. The highest BCUT2D eigenvalue weighted by Crippen LogP contribution is 2.47. The topological polar surface area (TPSA) is 140 Å². The Balaban J connectivity index is 1.61. The number of benzene rings is 2. The van der Waals surface area contributed by atoms with E-state index in [-0.39, 0.29) is 38.4 Å². The molecule has 0 bridgehead atoms. The summed E-state index contributed by atoms with van der Waals surface area (Å²) in [4.78, 5) is 63.0. The third-order valence-electron chi connectivity index (χ3n) is 6.69. The lowest BCUT2D eigenvalue weighted by molar-refractivity contribution is -0.149. The van der Waals surface area contributed by atoms with Crippen LogP contribution in [0.1, 0.15) is 50.2 Å². The summed E-state index contributed by atoms with van der Waals surface area (Å²) in [6, 6.07) is 10.1. The molecule has 226 valence electrons. The fraction of sp³-hybridized carbons (Fsp3) is 0.433. The maximum Gasteiger partial charge on any atom is 0.328 e. The standard InChI is InChI=1S/C30H35F2N3O7/c1-3-41-27(37)13-12-24(30(40)42-4-2)35-29(39)25(14-18-8-6-5-7-9-18)34-26(36)17-33-28(38)21-16-20(21)19-10-11-22(31)23(32)15-19/h5-11,15,20-21,24-25H,3-4,12-14,16-17H2,1-2H3,(H,33,38)(H,34,36)(H,35,39)/t20?,21?,24-,25+/m1/s1. The van der Waals surface area contributed by atoms with Gasteiger partial charge in [0.2, 0.25) is 17.7 Å². The average molecular weight is 588 g/mol. The van der Waals surface area contributed by atoms with Crippen LogP contribution in [0.4, 0.5) is 8.78 Å². The molecule has 1 saturated carbocycles. The van der Waals surface area contributed by atoms with Crippen LogP contribution < -0.4 is 16.0 Å². The van der Waals surface area contributed by atoms with Crippen LogP contribution >= 0.6 is 0 Å². The van der Waals surface area contributed by atoms with Gasteiger partial charge in [-0.1, -0.05) is 36.4 Å². The summed E-state index contributed by atoms with van der Waals surface area (Å²) in [6.45, 7) is 3.06. The van der Waals surface area contributed by atoms with E-state index in [1.807, 2.05) is 0 Å². The Morgan fingerprint density at radius 2 is 1.62 bits per heavy atom. The van der Waals surface area contributed by atoms with Gasteiger partial charge in [-0.3, -0.25) is 19.2 Å². The van der Waals surface area contributed by atoms with Crippen LogP contribution in [0.15, 0.2) is 48.5 Å². The summed E-state index contributed by atoms with van der Waals surface area (Å²) < 4.78 is 36.7. The second-order valence-corrected chi connectivity index (χ2v) is 9.81. The Hall–Kier alpha value is -4.35. The molecule has 10 nitrogen and oxygen atoms in total. The first-order chi connectivity index (χ1) is 20.1. The van der Waals surface area contributed by atoms with Crippen LogP contribution in [0.2, 0.25) is 0 Å². The first-order valence-corrected chi connectivity index (χ1v) is 13.8. The third-order valence-corrected chi connectivity index (χ3v) is 6.69. The van der Waals surface area contributed by atoms with Crippen molar-refractivity contribution in [3.8, 4) is 0 Å². The number of amides is 3. The van der Waals surface area contributed by atoms with E-state index >= 15 is 0 Å². The number of hydrogen-bond acceptors (Lipinski definition) is 7. The van der Waals surface area contributed by atoms with Gasteiger partial charge in [0.25, 0.3) is 0 Å². The van der Waals surface area contributed by atoms with Crippen molar-refractivity contribution in [1.29, 1.82) is 0 Å². The number of nitrogens with one attached hydrogen (secondary N) is 3. The molecule has 2 aromatic carbocycles. The van der Waals surface area contributed by atoms with Gasteiger partial charge < -0.3 is 25.4 Å². The van der Waals surface area contributed by atoms with Crippen molar-refractivity contribution in [2.45, 2.75) is 57.5 Å². The predicted molar refractivity (Wildman–Crippen MR) is 147 cm³/mol. The van der Waals surface area contributed by atoms with Crippen molar-refractivity contribution in [2.75, 3.05) is 19.8 Å². The SMILES string of the molecule is CCOC(=O)CC[C@@H](NC(=O)[C@H](Cc1ccccc1)NC(=O)CNC(=O)C1CC1c1ccc(F)c(F)c1)C(=O)OCC. The molecule has 3 amide bonds. The van der Waals surface area contributed by atoms with Crippen LogP contribution in [-0.4, -0.2) is 61.5 Å². The van der Waals surface area contributed by atoms with Crippen molar-refractivity contribution in [1.82, 2.24) is 16.0 Å². The van der Waals surface area contributed by atoms with Crippen LogP contribution in [0.3, 0.4) is 0 Å². The fourth-order valence-corrected chi connectivity index (χ4v) is 4.46. The Morgan fingerprint density at radius 1 is 0.905 bits per heavy atom. The largest absolute Gasteiger partial charge is 0.466 e. The smallest absolute Gasteiger partial charge is 0.328 e. The zero-order chi connectivity index (χ0) is 30.6. The summed E-state index contributed by atoms with van der Waals surface area (Å²) in [7, 11) is 0. The minimum atomic E-state index is -1.15. The van der Waals surface area contributed by atoms with Gasteiger partial charge >= 0.3 is 11.9 Å². The zero-order valence-corrected chi connectivity index (χ0v) is 23.5. The van der Waals surface area contributed by atoms with Gasteiger partial charge in [0.15, 0.2) is 11.6 Å². The highest BCUT2D eigenvalue weighted by molar-refractivity contribution is 5.93. The molecule has 4 atom stereocenters. The Bertz CT molecular complexity index is 1270. The molecule has 2 unspecified atom stereocenters. The maximum absolute atomic E-state index is 13.6. The van der Waals surface area contributed by atoms with E-state index in [1.165, 1.54) is 6.07 Å². The van der Waals surface area contributed by atoms with Gasteiger partial charge in [0, 0.05) is 18.8 Å². The fourth-order valence-electron chi connectivity index (χ4n) is 4.46. The number of hydrogen-bond donors (Lipinski definition) is 3. The minimum absolute atomic E-state index is 0.0619. The first-order valence-electron chi connectivity index (χ1n) is 13.8. The van der Waals surface area contributed by atoms with Crippen molar-refractivity contribution < 1.29 is 42.2 Å². The van der Waals surface area contributed by atoms with E-state index < -0.39 is 65.8 Å². The molecule has 0 heterocycles. The Morgan fingerprint density at radius 3 is 2.29 bits per heavy atom. The molecular formula is C30H35F2N3O7. The number of halogens is 2. The van der Waals surface area contributed by atoms with E-state index in [2.05, 4.69) is 16.0 Å². The monoisotopic (exact) mass is 587 g/mol. The number of carbonyl (C=O) groups excluding carboxylic acids is 5. The summed E-state index contributed by atoms with van der Waals surface area (Å²) in [5, 5.41) is 7.69. The molecule has 0 aromatic heterocycles. The van der Waals surface area contributed by atoms with E-state index in [4.69, 9.17) is 9.47 Å². The molecular weight excluding hydrogens is 552 g/mol. The van der Waals surface area contributed by atoms with Gasteiger partial charge in [-0.15, -0.1) is 0 Å². The maximum atomic E-state index is 13.6. The molecule has 0 radical (unpaired) electrons. The molecule has 42 heavy (non-hydrogen) atoms. The van der Waals surface area contributed by atoms with Crippen molar-refractivity contribution in [3.05, 3.63) is 71.3 Å². The molecule has 1 fully saturated rings. The van der Waals surface area contributed by atoms with E-state index in [0.29, 0.717) is 12.0 Å². The van der Waals surface area contributed by atoms with Gasteiger partial charge in [-0.25, -0.2) is 13.6 Å². The number of rotatable bonds is 15. The second-order valence-electron chi connectivity index (χ2n) is 9.81. The molecule has 2 aromatic rings. The molecule has 0 aliphatic heterocycles. The minimum Gasteiger partial charge on any atom is -0.466 e. The molecule has 1 aliphatic rings. The normalized spacial score (nSPS) is 16.9. The first kappa shape index (κ1) is 32.2. The summed E-state index contributed by atoms with van der Waals surface area (Å²) in [5.74, 6) is -5.76. The van der Waals surface area contributed by atoms with E-state index in [0.717, 1.165) is 17.7 Å². The Labute approximate surface area is 242 Å². The van der Waals surface area contributed by atoms with Gasteiger partial charge in [-0.05, 0) is 55.9 Å². The lowest BCUT2D eigenvalue weighted by Crippen LogP contribution is -2.54. The lowest BCUT2D eigenvalue weighted by atomic mass is 10.0. The summed E-state index contributed by atoms with van der Waals surface area (Å²) >= 11 is 0. The van der Waals surface area contributed by atoms with E-state index in [1.54, 1.807) is 44.2 Å². The Kier molecular flexibility index (Phi) is 11.9. The second kappa shape index (κ2) is 15.6. The van der Waals surface area contributed by atoms with Crippen LogP contribution in [0.25, 0.3) is 0 Å². The lowest BCUT2D eigenvalue weighted by Gasteiger charge is -2.23. The average Bonchev–Trinajstić information content (AvgIpc) is 3.77. The van der Waals surface area contributed by atoms with Gasteiger partial charge in [-0.2, -0.15) is 0 Å². The molecule has 3 rings (SSSR count). The summed E-state index contributed by atoms with van der Waals surface area (Å²) in [5.41, 5.74) is 1.23. The van der Waals surface area contributed by atoms with Crippen LogP contribution in [-0.2, 0) is 39.9 Å². The molecule has 3 N–H and O–H groups in total. The highest BCUT2D eigenvalue weighted by atomic mass is 19.2. The van der Waals surface area contributed by atoms with E-state index in [9.17, 15) is 32.8 Å².